The number of rotatable bonds is 4. The molecular weight excluding hydrogens is 356 g/mol. The Morgan fingerprint density at radius 3 is 2.00 bits per heavy atom. The van der Waals surface area contributed by atoms with Crippen LogP contribution in [0.5, 0.6) is 0 Å². The van der Waals surface area contributed by atoms with E-state index in [0.717, 1.165) is 0 Å². The number of hydrogen-bond donors (Lipinski definition) is 1. The van der Waals surface area contributed by atoms with E-state index in [1.54, 1.807) is 0 Å². The van der Waals surface area contributed by atoms with Crippen molar-refractivity contribution in [2.45, 2.75) is 18.8 Å². The summed E-state index contributed by atoms with van der Waals surface area (Å²) in [5.41, 5.74) is 1.76. The lowest BCUT2D eigenvalue weighted by Crippen LogP contribution is -2.14. The summed E-state index contributed by atoms with van der Waals surface area (Å²) in [5, 5.41) is 1.54. The molecule has 0 unspecified atom stereocenters. The Hall–Kier alpha value is -1.87. The highest BCUT2D eigenvalue weighted by atomic mass is 32.1. The Morgan fingerprint density at radius 1 is 1.00 bits per heavy atom. The maximum absolute atomic E-state index is 12.8. The van der Waals surface area contributed by atoms with Gasteiger partial charge in [0.05, 0.1) is 11.1 Å². The quantitative estimate of drug-likeness (QED) is 0.638. The molecule has 2 rings (SSSR count). The molecule has 1 aromatic carbocycles. The van der Waals surface area contributed by atoms with E-state index in [9.17, 15) is 31.1 Å². The summed E-state index contributed by atoms with van der Waals surface area (Å²) in [7, 11) is 0. The second-order valence-corrected chi connectivity index (χ2v) is 5.92. The van der Waals surface area contributed by atoms with Crippen LogP contribution in [-0.2, 0) is 18.8 Å². The molecule has 0 saturated heterocycles. The van der Waals surface area contributed by atoms with Crippen molar-refractivity contribution < 1.29 is 31.1 Å². The van der Waals surface area contributed by atoms with E-state index in [1.165, 1.54) is 22.8 Å². The minimum Gasteiger partial charge on any atom is -0.330 e. The maximum atomic E-state index is 12.8. The summed E-state index contributed by atoms with van der Waals surface area (Å²) in [6.45, 7) is 0.206. The Morgan fingerprint density at radius 2 is 1.54 bits per heavy atom. The van der Waals surface area contributed by atoms with Gasteiger partial charge in [-0.3, -0.25) is 4.79 Å². The van der Waals surface area contributed by atoms with Crippen molar-refractivity contribution in [2.75, 3.05) is 6.54 Å². The van der Waals surface area contributed by atoms with E-state index >= 15 is 0 Å². The Labute approximate surface area is 136 Å². The van der Waals surface area contributed by atoms with Crippen LogP contribution in [0.2, 0.25) is 0 Å². The Bertz CT molecular complexity index is 715. The van der Waals surface area contributed by atoms with Crippen molar-refractivity contribution in [2.24, 2.45) is 5.73 Å². The molecule has 0 atom stereocenters. The highest BCUT2D eigenvalue weighted by Gasteiger charge is 2.37. The van der Waals surface area contributed by atoms with E-state index in [1.807, 2.05) is 0 Å². The van der Waals surface area contributed by atoms with Crippen LogP contribution in [0, 0.1) is 0 Å². The van der Waals surface area contributed by atoms with Gasteiger partial charge in [-0.2, -0.15) is 26.3 Å². The van der Waals surface area contributed by atoms with Gasteiger partial charge in [0.1, 0.15) is 0 Å². The summed E-state index contributed by atoms with van der Waals surface area (Å²) in [4.78, 5) is 12.9. The number of ketones is 1. The number of thiophene rings is 1. The molecule has 2 nitrogen and oxygen atoms in total. The van der Waals surface area contributed by atoms with Crippen LogP contribution in [0.3, 0.4) is 0 Å². The molecule has 130 valence electrons. The average molecular weight is 367 g/mol. The second kappa shape index (κ2) is 6.56. The summed E-state index contributed by atoms with van der Waals surface area (Å²) in [5.74, 6) is -0.892. The van der Waals surface area contributed by atoms with Crippen molar-refractivity contribution in [1.82, 2.24) is 0 Å². The van der Waals surface area contributed by atoms with Crippen molar-refractivity contribution in [3.05, 3.63) is 56.8 Å². The van der Waals surface area contributed by atoms with Gasteiger partial charge in [-0.15, -0.1) is 11.3 Å². The first kappa shape index (κ1) is 18.5. The molecule has 0 aliphatic heterocycles. The van der Waals surface area contributed by atoms with Gasteiger partial charge in [0.15, 0.2) is 5.78 Å². The van der Waals surface area contributed by atoms with Crippen LogP contribution in [0.25, 0.3) is 0 Å². The van der Waals surface area contributed by atoms with Gasteiger partial charge in [0.25, 0.3) is 0 Å². The molecule has 0 fully saturated rings. The molecule has 0 amide bonds. The molecule has 0 bridgehead atoms. The highest BCUT2D eigenvalue weighted by Crippen LogP contribution is 2.37. The van der Waals surface area contributed by atoms with Gasteiger partial charge in [-0.25, -0.2) is 0 Å². The third kappa shape index (κ3) is 3.96. The summed E-state index contributed by atoms with van der Waals surface area (Å²) >= 11 is 1.17. The first-order valence-electron chi connectivity index (χ1n) is 6.64. The zero-order valence-electron chi connectivity index (χ0n) is 12.0. The predicted octanol–water partition coefficient (Wildman–Crippen LogP) is 4.52. The van der Waals surface area contributed by atoms with Gasteiger partial charge in [0, 0.05) is 16.0 Å². The fourth-order valence-electron chi connectivity index (χ4n) is 2.11. The standard InChI is InChI=1S/C15H11F6NOS/c16-14(17,18)9-5-8(6-10(7-9)15(19,20)21)13(23)11-2-4-24-12(11)1-3-22/h2,4-7H,1,3,22H2. The van der Waals surface area contributed by atoms with Crippen LogP contribution >= 0.6 is 11.3 Å². The molecule has 2 aromatic rings. The van der Waals surface area contributed by atoms with Crippen molar-refractivity contribution in [3.8, 4) is 0 Å². The third-order valence-corrected chi connectivity index (χ3v) is 4.19. The molecule has 2 N–H and O–H groups in total. The van der Waals surface area contributed by atoms with Crippen LogP contribution in [-0.4, -0.2) is 12.3 Å². The first-order chi connectivity index (χ1) is 11.0. The monoisotopic (exact) mass is 367 g/mol. The summed E-state index contributed by atoms with van der Waals surface area (Å²) < 4.78 is 77.1. The summed E-state index contributed by atoms with van der Waals surface area (Å²) in [6.07, 6.45) is -9.68. The number of carbonyl (C=O) groups excluding carboxylic acids is 1. The minimum atomic E-state index is -5.00. The molecule has 0 aliphatic carbocycles. The number of nitrogens with two attached hydrogens (primary N) is 1. The normalized spacial score (nSPS) is 12.5. The lowest BCUT2D eigenvalue weighted by molar-refractivity contribution is -0.143. The van der Waals surface area contributed by atoms with Gasteiger partial charge in [0.2, 0.25) is 0 Å². The molecular formula is C15H11F6NOS. The van der Waals surface area contributed by atoms with Crippen molar-refractivity contribution >= 4 is 17.1 Å². The van der Waals surface area contributed by atoms with Crippen LogP contribution < -0.4 is 5.73 Å². The van der Waals surface area contributed by atoms with Gasteiger partial charge in [-0.05, 0) is 42.6 Å². The highest BCUT2D eigenvalue weighted by molar-refractivity contribution is 7.10. The van der Waals surface area contributed by atoms with Gasteiger partial charge in [-0.1, -0.05) is 0 Å². The molecule has 0 radical (unpaired) electrons. The molecule has 0 aliphatic rings. The first-order valence-corrected chi connectivity index (χ1v) is 7.52. The minimum absolute atomic E-state index is 0.00874. The molecule has 0 saturated carbocycles. The van der Waals surface area contributed by atoms with E-state index in [2.05, 4.69) is 0 Å². The number of carbonyl (C=O) groups is 1. The summed E-state index contributed by atoms with van der Waals surface area (Å²) in [6, 6.07) is 2.22. The van der Waals surface area contributed by atoms with E-state index < -0.39 is 34.8 Å². The molecule has 1 heterocycles. The van der Waals surface area contributed by atoms with Crippen LogP contribution in [0.1, 0.15) is 31.9 Å². The van der Waals surface area contributed by atoms with Crippen molar-refractivity contribution in [3.63, 3.8) is 0 Å². The topological polar surface area (TPSA) is 43.1 Å². The molecule has 9 heteroatoms. The lowest BCUT2D eigenvalue weighted by atomic mass is 9.98. The van der Waals surface area contributed by atoms with Gasteiger partial charge >= 0.3 is 12.4 Å². The van der Waals surface area contributed by atoms with Crippen LogP contribution in [0.15, 0.2) is 29.6 Å². The average Bonchev–Trinajstić information content (AvgIpc) is 2.93. The predicted molar refractivity (Wildman–Crippen MR) is 77.0 cm³/mol. The van der Waals surface area contributed by atoms with Crippen molar-refractivity contribution in [1.29, 1.82) is 0 Å². The second-order valence-electron chi connectivity index (χ2n) is 4.92. The Kier molecular flexibility index (Phi) is 5.05. The molecule has 24 heavy (non-hydrogen) atoms. The largest absolute Gasteiger partial charge is 0.416 e. The number of alkyl halides is 6. The van der Waals surface area contributed by atoms with E-state index in [0.29, 0.717) is 23.4 Å². The zero-order chi connectivity index (χ0) is 18.1. The third-order valence-electron chi connectivity index (χ3n) is 3.21. The SMILES string of the molecule is NCCc1sccc1C(=O)c1cc(C(F)(F)F)cc(C(F)(F)F)c1. The molecule has 1 aromatic heterocycles. The fourth-order valence-corrected chi connectivity index (χ4v) is 3.00. The zero-order valence-corrected chi connectivity index (χ0v) is 12.8. The Balaban J connectivity index is 2.56. The number of benzene rings is 1. The van der Waals surface area contributed by atoms with E-state index in [4.69, 9.17) is 5.73 Å². The maximum Gasteiger partial charge on any atom is 0.416 e. The fraction of sp³-hybridized carbons (Fsp3) is 0.267. The van der Waals surface area contributed by atoms with Gasteiger partial charge < -0.3 is 5.73 Å². The number of halogens is 6. The molecule has 0 spiro atoms. The van der Waals surface area contributed by atoms with Crippen LogP contribution in [0.4, 0.5) is 26.3 Å². The number of hydrogen-bond acceptors (Lipinski definition) is 3. The van der Waals surface area contributed by atoms with E-state index in [-0.39, 0.29) is 18.2 Å². The smallest absolute Gasteiger partial charge is 0.330 e. The lowest BCUT2D eigenvalue weighted by Gasteiger charge is -2.14.